The first-order valence-corrected chi connectivity index (χ1v) is 9.59. The first kappa shape index (κ1) is 19.3. The highest BCUT2D eigenvalue weighted by Crippen LogP contribution is 2.34. The van der Waals surface area contributed by atoms with Crippen molar-refractivity contribution >= 4 is 28.8 Å². The van der Waals surface area contributed by atoms with Crippen molar-refractivity contribution in [3.05, 3.63) is 70.2 Å². The van der Waals surface area contributed by atoms with E-state index in [9.17, 15) is 9.18 Å². The molecule has 0 aliphatic carbocycles. The van der Waals surface area contributed by atoms with E-state index < -0.39 is 17.7 Å². The van der Waals surface area contributed by atoms with Gasteiger partial charge in [-0.15, -0.1) is 0 Å². The number of nitrogens with one attached hydrogen (secondary N) is 1. The highest BCUT2D eigenvalue weighted by molar-refractivity contribution is 5.95. The summed E-state index contributed by atoms with van der Waals surface area (Å²) in [6.45, 7) is 3.65. The van der Waals surface area contributed by atoms with Crippen LogP contribution in [0, 0.1) is 12.7 Å². The highest BCUT2D eigenvalue weighted by Gasteiger charge is 2.24. The number of halogens is 2. The van der Waals surface area contributed by atoms with Gasteiger partial charge >= 0.3 is 0 Å². The number of fused-ring (bicyclic) bond motifs is 3. The molecule has 3 aromatic rings. The quantitative estimate of drug-likeness (QED) is 0.715. The number of hydrogen-bond acceptors (Lipinski definition) is 2. The number of hydrogen-bond donors (Lipinski definition) is 1. The Morgan fingerprint density at radius 1 is 1.21 bits per heavy atom. The molecule has 1 aromatic heterocycles. The van der Waals surface area contributed by atoms with Crippen LogP contribution in [0.1, 0.15) is 32.7 Å². The summed E-state index contributed by atoms with van der Waals surface area (Å²) in [5.41, 5.74) is 4.34. The number of likely N-dealkylation sites (N-methyl/N-ethyl adjacent to an activating group) is 1. The molecule has 2 heterocycles. The van der Waals surface area contributed by atoms with Crippen LogP contribution in [0.4, 0.5) is 8.78 Å². The van der Waals surface area contributed by atoms with Crippen molar-refractivity contribution in [1.82, 2.24) is 14.8 Å². The van der Waals surface area contributed by atoms with Gasteiger partial charge in [-0.1, -0.05) is 17.7 Å². The minimum absolute atomic E-state index is 0.0626. The molecule has 6 heteroatoms. The van der Waals surface area contributed by atoms with Gasteiger partial charge in [0, 0.05) is 37.6 Å². The van der Waals surface area contributed by atoms with Gasteiger partial charge in [-0.2, -0.15) is 4.39 Å². The van der Waals surface area contributed by atoms with Crippen molar-refractivity contribution < 1.29 is 13.6 Å². The molecule has 0 unspecified atom stereocenters. The van der Waals surface area contributed by atoms with E-state index in [0.717, 1.165) is 47.2 Å². The summed E-state index contributed by atoms with van der Waals surface area (Å²) in [4.78, 5) is 13.9. The van der Waals surface area contributed by atoms with Crippen molar-refractivity contribution in [3.63, 3.8) is 0 Å². The number of aromatic nitrogens is 1. The maximum atomic E-state index is 15.4. The van der Waals surface area contributed by atoms with Gasteiger partial charge in [0.25, 0.3) is 5.91 Å². The van der Waals surface area contributed by atoms with Gasteiger partial charge in [0.1, 0.15) is 5.82 Å². The van der Waals surface area contributed by atoms with Crippen molar-refractivity contribution in [2.45, 2.75) is 19.9 Å². The van der Waals surface area contributed by atoms with E-state index in [1.54, 1.807) is 10.6 Å². The van der Waals surface area contributed by atoms with Crippen LogP contribution < -0.4 is 5.32 Å². The zero-order chi connectivity index (χ0) is 20.7. The largest absolute Gasteiger partial charge is 0.355 e. The maximum Gasteiger partial charge on any atom is 0.253 e. The Labute approximate surface area is 168 Å². The predicted octanol–water partition coefficient (Wildman–Crippen LogP) is 4.36. The molecule has 1 aliphatic heterocycles. The van der Waals surface area contributed by atoms with Gasteiger partial charge < -0.3 is 10.2 Å². The van der Waals surface area contributed by atoms with Crippen molar-refractivity contribution in [2.24, 2.45) is 0 Å². The van der Waals surface area contributed by atoms with Crippen LogP contribution in [-0.2, 0) is 13.0 Å². The summed E-state index contributed by atoms with van der Waals surface area (Å²) >= 11 is 0. The van der Waals surface area contributed by atoms with E-state index in [-0.39, 0.29) is 5.56 Å². The number of carbonyl (C=O) groups is 1. The van der Waals surface area contributed by atoms with Crippen LogP contribution in [0.3, 0.4) is 0 Å². The molecule has 0 saturated carbocycles. The number of amides is 1. The van der Waals surface area contributed by atoms with Crippen molar-refractivity contribution in [2.75, 3.05) is 20.6 Å². The number of aryl methyl sites for hydroxylation is 1. The first-order valence-electron chi connectivity index (χ1n) is 9.59. The average molecular weight is 395 g/mol. The van der Waals surface area contributed by atoms with Crippen LogP contribution in [-0.4, -0.2) is 36.0 Å². The Morgan fingerprint density at radius 3 is 2.72 bits per heavy atom. The maximum absolute atomic E-state index is 15.4. The Bertz CT molecular complexity index is 1150. The number of rotatable bonds is 3. The minimum atomic E-state index is -0.678. The lowest BCUT2D eigenvalue weighted by molar-refractivity contribution is 0.0959. The first-order chi connectivity index (χ1) is 13.9. The average Bonchev–Trinajstić information content (AvgIpc) is 3.00. The van der Waals surface area contributed by atoms with Gasteiger partial charge in [-0.05, 0) is 55.4 Å². The van der Waals surface area contributed by atoms with E-state index in [1.807, 2.05) is 19.1 Å². The van der Waals surface area contributed by atoms with Crippen molar-refractivity contribution in [1.29, 1.82) is 0 Å². The molecule has 0 spiro atoms. The lowest BCUT2D eigenvalue weighted by atomic mass is 10.0. The Hall–Kier alpha value is -2.99. The molecule has 0 bridgehead atoms. The van der Waals surface area contributed by atoms with E-state index in [4.69, 9.17) is 0 Å². The summed E-state index contributed by atoms with van der Waals surface area (Å²) < 4.78 is 31.3. The Kier molecular flexibility index (Phi) is 4.96. The number of nitrogens with zero attached hydrogens (tertiary/aromatic N) is 2. The van der Waals surface area contributed by atoms with Gasteiger partial charge in [-0.3, -0.25) is 9.36 Å². The monoisotopic (exact) mass is 395 g/mol. The fourth-order valence-electron chi connectivity index (χ4n) is 3.99. The second kappa shape index (κ2) is 7.44. The molecule has 150 valence electrons. The topological polar surface area (TPSA) is 37.3 Å². The molecule has 1 aliphatic rings. The molecule has 0 radical (unpaired) electrons. The molecule has 4 rings (SSSR count). The van der Waals surface area contributed by atoms with Crippen LogP contribution in [0.15, 0.2) is 36.4 Å². The van der Waals surface area contributed by atoms with Gasteiger partial charge in [0.15, 0.2) is 5.95 Å². The van der Waals surface area contributed by atoms with Crippen LogP contribution in [0.25, 0.3) is 22.9 Å². The zero-order valence-corrected chi connectivity index (χ0v) is 16.7. The fraction of sp³-hybridized carbons (Fsp3) is 0.261. The molecular weight excluding hydrogens is 372 g/mol. The number of benzene rings is 2. The second-order valence-corrected chi connectivity index (χ2v) is 7.55. The summed E-state index contributed by atoms with van der Waals surface area (Å²) in [5.74, 6) is -1.65. The molecule has 1 N–H and O–H groups in total. The lowest BCUT2D eigenvalue weighted by Crippen LogP contribution is -2.27. The fourth-order valence-corrected chi connectivity index (χ4v) is 3.99. The van der Waals surface area contributed by atoms with Crippen molar-refractivity contribution in [3.8, 4) is 0 Å². The van der Waals surface area contributed by atoms with Gasteiger partial charge in [0.05, 0.1) is 11.1 Å². The van der Waals surface area contributed by atoms with E-state index in [1.165, 1.54) is 25.3 Å². The molecule has 4 nitrogen and oxygen atoms in total. The third kappa shape index (κ3) is 3.44. The normalized spacial score (nSPS) is 14.9. The summed E-state index contributed by atoms with van der Waals surface area (Å²) in [7, 11) is 3.50. The van der Waals surface area contributed by atoms with Crippen LogP contribution in [0.5, 0.6) is 0 Å². The summed E-state index contributed by atoms with van der Waals surface area (Å²) in [6.07, 6.45) is 2.05. The van der Waals surface area contributed by atoms with E-state index in [0.29, 0.717) is 5.56 Å². The molecule has 0 fully saturated rings. The smallest absolute Gasteiger partial charge is 0.253 e. The van der Waals surface area contributed by atoms with E-state index in [2.05, 4.69) is 23.3 Å². The molecule has 0 saturated heterocycles. The Morgan fingerprint density at radius 2 is 2.00 bits per heavy atom. The van der Waals surface area contributed by atoms with Crippen LogP contribution >= 0.6 is 0 Å². The van der Waals surface area contributed by atoms with Gasteiger partial charge in [0.2, 0.25) is 0 Å². The predicted molar refractivity (Wildman–Crippen MR) is 112 cm³/mol. The second-order valence-electron chi connectivity index (χ2n) is 7.55. The molecular formula is C23H23F2N3O. The highest BCUT2D eigenvalue weighted by atomic mass is 19.1. The van der Waals surface area contributed by atoms with E-state index >= 15 is 4.39 Å². The molecule has 1 amide bonds. The molecule has 29 heavy (non-hydrogen) atoms. The van der Waals surface area contributed by atoms with Crippen LogP contribution in [0.2, 0.25) is 0 Å². The number of carbonyl (C=O) groups excluding carboxylic acids is 1. The molecule has 0 atom stereocenters. The third-order valence-electron chi connectivity index (χ3n) is 5.46. The summed E-state index contributed by atoms with van der Waals surface area (Å²) in [5, 5.41) is 3.44. The summed E-state index contributed by atoms with van der Waals surface area (Å²) in [6, 6.07) is 10.1. The SMILES string of the molecule is CNC(=O)c1ccc(/C=C(\F)n2c3c(c4cc(C)ccc42)CN(C)CC3)cc1F. The van der Waals surface area contributed by atoms with Gasteiger partial charge in [-0.25, -0.2) is 4.39 Å². The Balaban J connectivity index is 1.83. The lowest BCUT2D eigenvalue weighted by Gasteiger charge is -2.23. The zero-order valence-electron chi connectivity index (χ0n) is 16.7. The standard InChI is InChI=1S/C23H23F2N3O/c1-14-4-7-20-17(10-14)18-13-27(3)9-8-21(18)28(20)22(25)12-15-5-6-16(19(24)11-15)23(29)26-2/h4-7,10-12H,8-9,13H2,1-3H3,(H,26,29)/b22-12+. The third-order valence-corrected chi connectivity index (χ3v) is 5.46. The minimum Gasteiger partial charge on any atom is -0.355 e. The molecule has 2 aromatic carbocycles.